The molecule has 1 N–H and O–H groups in total. The van der Waals surface area contributed by atoms with Crippen molar-refractivity contribution in [3.8, 4) is 17.0 Å². The zero-order chi connectivity index (χ0) is 20.3. The molecule has 0 bridgehead atoms. The van der Waals surface area contributed by atoms with Gasteiger partial charge in [0, 0.05) is 30.7 Å². The van der Waals surface area contributed by atoms with Gasteiger partial charge in [0.15, 0.2) is 0 Å². The first-order valence-electron chi connectivity index (χ1n) is 9.82. The summed E-state index contributed by atoms with van der Waals surface area (Å²) in [4.78, 5) is 20.6. The van der Waals surface area contributed by atoms with Gasteiger partial charge in [-0.1, -0.05) is 12.2 Å². The van der Waals surface area contributed by atoms with Crippen molar-refractivity contribution < 1.29 is 9.53 Å². The van der Waals surface area contributed by atoms with Crippen molar-refractivity contribution in [3.63, 3.8) is 0 Å². The monoisotopic (exact) mass is 390 g/mol. The number of carbonyl (C=O) groups excluding carboxylic acids is 1. The predicted molar refractivity (Wildman–Crippen MR) is 114 cm³/mol. The molecule has 0 saturated carbocycles. The number of imidazole rings is 1. The molecule has 2 heterocycles. The molecule has 0 unspecified atom stereocenters. The van der Waals surface area contributed by atoms with Crippen molar-refractivity contribution in [2.24, 2.45) is 0 Å². The Morgan fingerprint density at radius 2 is 1.93 bits per heavy atom. The highest BCUT2D eigenvalue weighted by molar-refractivity contribution is 5.77. The highest BCUT2D eigenvalue weighted by Gasteiger charge is 2.08. The van der Waals surface area contributed by atoms with Gasteiger partial charge in [-0.2, -0.15) is 0 Å². The quantitative estimate of drug-likeness (QED) is 0.420. The molecule has 0 aliphatic heterocycles. The number of hydrogen-bond acceptors (Lipinski definition) is 4. The van der Waals surface area contributed by atoms with Crippen LogP contribution < -0.4 is 10.1 Å². The number of pyridine rings is 1. The predicted octanol–water partition coefficient (Wildman–Crippen LogP) is 4.83. The van der Waals surface area contributed by atoms with Crippen LogP contribution in [0.3, 0.4) is 0 Å². The van der Waals surface area contributed by atoms with Crippen LogP contribution in [0.15, 0.2) is 73.5 Å². The Kier molecular flexibility index (Phi) is 7.57. The van der Waals surface area contributed by atoms with Crippen LogP contribution in [0.5, 0.6) is 5.75 Å². The van der Waals surface area contributed by atoms with Crippen LogP contribution in [0.25, 0.3) is 11.3 Å². The summed E-state index contributed by atoms with van der Waals surface area (Å²) in [7, 11) is 0. The molecule has 1 aromatic carbocycles. The van der Waals surface area contributed by atoms with Gasteiger partial charge in [-0.25, -0.2) is 9.78 Å². The van der Waals surface area contributed by atoms with E-state index in [4.69, 9.17) is 4.74 Å². The number of unbranched alkanes of at least 4 members (excludes halogenated alkanes) is 2. The number of rotatable bonds is 9. The van der Waals surface area contributed by atoms with Gasteiger partial charge in [-0.15, -0.1) is 0 Å². The van der Waals surface area contributed by atoms with Gasteiger partial charge in [0.1, 0.15) is 18.7 Å². The third kappa shape index (κ3) is 6.31. The number of nitrogens with zero attached hydrogens (tertiary/aromatic N) is 3. The Hall–Kier alpha value is -3.41. The van der Waals surface area contributed by atoms with E-state index < -0.39 is 0 Å². The summed E-state index contributed by atoms with van der Waals surface area (Å²) >= 11 is 0. The molecule has 3 rings (SSSR count). The number of hydrogen-bond donors (Lipinski definition) is 1. The molecule has 6 heteroatoms. The summed E-state index contributed by atoms with van der Waals surface area (Å²) in [5.41, 5.74) is 2.74. The average Bonchev–Trinajstić information content (AvgIpc) is 3.26. The fraction of sp³-hybridized carbons (Fsp3) is 0.261. The van der Waals surface area contributed by atoms with E-state index in [1.807, 2.05) is 49.4 Å². The third-order valence-electron chi connectivity index (χ3n) is 4.43. The van der Waals surface area contributed by atoms with E-state index in [0.717, 1.165) is 41.8 Å². The molecule has 29 heavy (non-hydrogen) atoms. The normalized spacial score (nSPS) is 10.9. The molecular weight excluding hydrogens is 364 g/mol. The van der Waals surface area contributed by atoms with Crippen LogP contribution in [0.4, 0.5) is 4.79 Å². The fourth-order valence-corrected chi connectivity index (χ4v) is 2.79. The number of amides is 1. The Morgan fingerprint density at radius 3 is 2.69 bits per heavy atom. The van der Waals surface area contributed by atoms with Crippen LogP contribution in [0, 0.1) is 0 Å². The zero-order valence-corrected chi connectivity index (χ0v) is 16.6. The summed E-state index contributed by atoms with van der Waals surface area (Å²) in [6, 6.07) is 11.4. The molecule has 150 valence electrons. The van der Waals surface area contributed by atoms with E-state index >= 15 is 0 Å². The lowest BCUT2D eigenvalue weighted by Crippen LogP contribution is -2.28. The van der Waals surface area contributed by atoms with E-state index in [1.165, 1.54) is 4.57 Å². The van der Waals surface area contributed by atoms with E-state index in [9.17, 15) is 4.79 Å². The Balaban J connectivity index is 1.49. The van der Waals surface area contributed by atoms with E-state index in [0.29, 0.717) is 13.2 Å². The first-order valence-corrected chi connectivity index (χ1v) is 9.82. The van der Waals surface area contributed by atoms with Crippen molar-refractivity contribution in [1.29, 1.82) is 0 Å². The molecule has 0 radical (unpaired) electrons. The van der Waals surface area contributed by atoms with E-state index in [1.54, 1.807) is 24.9 Å². The van der Waals surface area contributed by atoms with Crippen molar-refractivity contribution in [2.45, 2.75) is 32.8 Å². The molecule has 0 aliphatic rings. The van der Waals surface area contributed by atoms with E-state index in [-0.39, 0.29) is 6.03 Å². The van der Waals surface area contributed by atoms with Crippen molar-refractivity contribution >= 4 is 6.03 Å². The molecule has 2 aromatic heterocycles. The first-order chi connectivity index (χ1) is 14.3. The maximum atomic E-state index is 12.2. The second-order valence-electron chi connectivity index (χ2n) is 6.63. The lowest BCUT2D eigenvalue weighted by atomic mass is 10.1. The van der Waals surface area contributed by atoms with Gasteiger partial charge >= 0.3 is 6.03 Å². The average molecular weight is 390 g/mol. The third-order valence-corrected chi connectivity index (χ3v) is 4.43. The van der Waals surface area contributed by atoms with Gasteiger partial charge in [-0.3, -0.25) is 9.55 Å². The fourth-order valence-electron chi connectivity index (χ4n) is 2.79. The SMILES string of the molecule is C/C=C/CCCCNC(=O)n1cnc(-c2ccc(OCc3ccncc3)cc2)c1. The molecule has 3 aromatic rings. The largest absolute Gasteiger partial charge is 0.489 e. The van der Waals surface area contributed by atoms with Gasteiger partial charge in [0.25, 0.3) is 0 Å². The second kappa shape index (κ2) is 10.8. The molecule has 0 saturated heterocycles. The molecular formula is C23H26N4O2. The van der Waals surface area contributed by atoms with Crippen molar-refractivity contribution in [2.75, 3.05) is 6.54 Å². The van der Waals surface area contributed by atoms with Gasteiger partial charge < -0.3 is 10.1 Å². The highest BCUT2D eigenvalue weighted by atomic mass is 16.5. The van der Waals surface area contributed by atoms with Crippen LogP contribution in [-0.2, 0) is 6.61 Å². The minimum Gasteiger partial charge on any atom is -0.489 e. The summed E-state index contributed by atoms with van der Waals surface area (Å²) < 4.78 is 7.27. The topological polar surface area (TPSA) is 69.0 Å². The van der Waals surface area contributed by atoms with Crippen molar-refractivity contribution in [1.82, 2.24) is 19.9 Å². The smallest absolute Gasteiger partial charge is 0.326 e. The van der Waals surface area contributed by atoms with E-state index in [2.05, 4.69) is 21.4 Å². The number of nitrogens with one attached hydrogen (secondary N) is 1. The van der Waals surface area contributed by atoms with Crippen LogP contribution >= 0.6 is 0 Å². The number of benzene rings is 1. The lowest BCUT2D eigenvalue weighted by Gasteiger charge is -2.06. The number of ether oxygens (including phenoxy) is 1. The minimum absolute atomic E-state index is 0.160. The Labute approximate surface area is 171 Å². The first kappa shape index (κ1) is 20.3. The number of allylic oxidation sites excluding steroid dienone is 2. The van der Waals surface area contributed by atoms with Gasteiger partial charge in [-0.05, 0) is 68.1 Å². The van der Waals surface area contributed by atoms with Gasteiger partial charge in [0.2, 0.25) is 0 Å². The highest BCUT2D eigenvalue weighted by Crippen LogP contribution is 2.21. The molecule has 0 atom stereocenters. The zero-order valence-electron chi connectivity index (χ0n) is 16.6. The summed E-state index contributed by atoms with van der Waals surface area (Å²) in [5.74, 6) is 0.778. The van der Waals surface area contributed by atoms with Crippen LogP contribution in [0.2, 0.25) is 0 Å². The lowest BCUT2D eigenvalue weighted by molar-refractivity contribution is 0.242. The molecule has 0 fully saturated rings. The van der Waals surface area contributed by atoms with Crippen molar-refractivity contribution in [3.05, 3.63) is 79.0 Å². The van der Waals surface area contributed by atoms with Crippen LogP contribution in [-0.4, -0.2) is 27.1 Å². The number of carbonyl (C=O) groups is 1. The molecule has 6 nitrogen and oxygen atoms in total. The summed E-state index contributed by atoms with van der Waals surface area (Å²) in [6.07, 6.45) is 14.0. The second-order valence-corrected chi connectivity index (χ2v) is 6.63. The maximum absolute atomic E-state index is 12.2. The summed E-state index contributed by atoms with van der Waals surface area (Å²) in [6.45, 7) is 3.17. The Morgan fingerprint density at radius 1 is 1.14 bits per heavy atom. The van der Waals surface area contributed by atoms with Crippen LogP contribution in [0.1, 0.15) is 31.7 Å². The molecule has 1 amide bonds. The minimum atomic E-state index is -0.160. The molecule has 0 spiro atoms. The standard InChI is InChI=1S/C23H26N4O2/c1-2-3-4-5-6-13-25-23(28)27-16-22(26-18-27)20-7-9-21(10-8-20)29-17-19-11-14-24-15-12-19/h2-3,7-12,14-16,18H,4-6,13,17H2,1H3,(H,25,28)/b3-2+. The Bertz CT molecular complexity index is 918. The van der Waals surface area contributed by atoms with Gasteiger partial charge in [0.05, 0.1) is 5.69 Å². The maximum Gasteiger partial charge on any atom is 0.326 e. The summed E-state index contributed by atoms with van der Waals surface area (Å²) in [5, 5.41) is 2.92. The number of aromatic nitrogens is 3. The molecule has 0 aliphatic carbocycles.